The largest absolute Gasteiger partial charge is 0.493 e. The van der Waals surface area contributed by atoms with E-state index in [0.29, 0.717) is 17.9 Å². The van der Waals surface area contributed by atoms with E-state index in [1.54, 1.807) is 21.3 Å². The Morgan fingerprint density at radius 2 is 1.63 bits per heavy atom. The van der Waals surface area contributed by atoms with E-state index in [-0.39, 0.29) is 29.7 Å². The number of methoxy groups -OCH3 is 2. The molecular weight excluding hydrogens is 540 g/mol. The van der Waals surface area contributed by atoms with Crippen LogP contribution >= 0.6 is 0 Å². The van der Waals surface area contributed by atoms with E-state index in [2.05, 4.69) is 46.7 Å². The number of carbonyl (C=O) groups excluding carboxylic acids is 2. The Morgan fingerprint density at radius 3 is 2.28 bits per heavy atom. The molecule has 8 nitrogen and oxygen atoms in total. The van der Waals surface area contributed by atoms with Gasteiger partial charge in [-0.3, -0.25) is 19.5 Å². The van der Waals surface area contributed by atoms with E-state index in [0.717, 1.165) is 67.0 Å². The molecule has 226 valence electrons. The van der Waals surface area contributed by atoms with Gasteiger partial charge in [0.15, 0.2) is 11.5 Å². The van der Waals surface area contributed by atoms with Gasteiger partial charge in [0.05, 0.1) is 26.0 Å². The van der Waals surface area contributed by atoms with Gasteiger partial charge in [-0.1, -0.05) is 49.4 Å². The number of piperidine rings is 1. The summed E-state index contributed by atoms with van der Waals surface area (Å²) in [6.45, 7) is 4.88. The molecule has 0 saturated carbocycles. The van der Waals surface area contributed by atoms with Crippen LogP contribution in [0.1, 0.15) is 48.4 Å². The lowest BCUT2D eigenvalue weighted by Crippen LogP contribution is -2.37. The number of hydrogen-bond donors (Lipinski definition) is 2. The van der Waals surface area contributed by atoms with Crippen molar-refractivity contribution in [1.82, 2.24) is 10.2 Å². The third-order valence-electron chi connectivity index (χ3n) is 8.66. The fourth-order valence-corrected chi connectivity index (χ4v) is 6.08. The van der Waals surface area contributed by atoms with Crippen molar-refractivity contribution in [3.63, 3.8) is 0 Å². The minimum absolute atomic E-state index is 0.000730. The van der Waals surface area contributed by atoms with Crippen LogP contribution in [0.5, 0.6) is 11.5 Å². The number of carbonyl (C=O) groups is 2. The third-order valence-corrected chi connectivity index (χ3v) is 8.66. The van der Waals surface area contributed by atoms with Crippen molar-refractivity contribution in [1.29, 1.82) is 0 Å². The number of rotatable bonds is 9. The van der Waals surface area contributed by atoms with Crippen LogP contribution in [0.25, 0.3) is 0 Å². The maximum atomic E-state index is 13.2. The van der Waals surface area contributed by atoms with Gasteiger partial charge in [0.25, 0.3) is 0 Å². The monoisotopic (exact) mass is 582 g/mol. The molecular formula is C35H42N4O4. The first kappa shape index (κ1) is 30.3. The molecule has 2 unspecified atom stereocenters. The van der Waals surface area contributed by atoms with Crippen LogP contribution in [0, 0.1) is 11.8 Å². The SMILES string of the molecule is CNC(=O)CC1N=C(c2ccc(NC(=O)C3CCN(Cc4ccccc4)CC3)cc2)c2cc(OC)c(OC)cc2CC1C. The molecule has 0 bridgehead atoms. The Labute approximate surface area is 254 Å². The molecule has 3 aromatic rings. The fraction of sp³-hybridized carbons (Fsp3) is 0.400. The second-order valence-electron chi connectivity index (χ2n) is 11.6. The molecule has 1 saturated heterocycles. The number of ether oxygens (including phenoxy) is 2. The van der Waals surface area contributed by atoms with Crippen molar-refractivity contribution in [3.8, 4) is 11.5 Å². The lowest BCUT2D eigenvalue weighted by Gasteiger charge is -2.31. The van der Waals surface area contributed by atoms with Crippen molar-refractivity contribution in [2.24, 2.45) is 16.8 Å². The molecule has 5 rings (SSSR count). The molecule has 8 heteroatoms. The summed E-state index contributed by atoms with van der Waals surface area (Å²) in [5, 5.41) is 5.87. The average Bonchev–Trinajstić information content (AvgIpc) is 3.16. The van der Waals surface area contributed by atoms with Crippen molar-refractivity contribution in [2.45, 2.75) is 45.2 Å². The highest BCUT2D eigenvalue weighted by Gasteiger charge is 2.29. The minimum atomic E-state index is -0.188. The topological polar surface area (TPSA) is 92.3 Å². The van der Waals surface area contributed by atoms with Gasteiger partial charge in [0, 0.05) is 42.7 Å². The van der Waals surface area contributed by atoms with Gasteiger partial charge in [-0.15, -0.1) is 0 Å². The highest BCUT2D eigenvalue weighted by molar-refractivity contribution is 6.14. The zero-order chi connectivity index (χ0) is 30.3. The lowest BCUT2D eigenvalue weighted by molar-refractivity contribution is -0.122. The number of benzene rings is 3. The van der Waals surface area contributed by atoms with E-state index in [1.807, 2.05) is 42.5 Å². The minimum Gasteiger partial charge on any atom is -0.493 e. The van der Waals surface area contributed by atoms with Gasteiger partial charge in [-0.05, 0) is 73.7 Å². The average molecular weight is 583 g/mol. The summed E-state index contributed by atoms with van der Waals surface area (Å²) in [4.78, 5) is 33.1. The van der Waals surface area contributed by atoms with E-state index in [9.17, 15) is 9.59 Å². The van der Waals surface area contributed by atoms with E-state index >= 15 is 0 Å². The molecule has 2 aliphatic rings. The standard InChI is InChI=1S/C35H42N4O4/c1-23-18-27-19-31(42-3)32(43-4)20-29(27)34(38-30(23)21-33(40)36-2)25-10-12-28(13-11-25)37-35(41)26-14-16-39(17-15-26)22-24-8-6-5-7-9-24/h5-13,19-20,23,26,30H,14-18,21-22H2,1-4H3,(H,36,40)(H,37,41). The molecule has 2 heterocycles. The summed E-state index contributed by atoms with van der Waals surface area (Å²) >= 11 is 0. The second-order valence-corrected chi connectivity index (χ2v) is 11.6. The molecule has 0 aliphatic carbocycles. The zero-order valence-electron chi connectivity index (χ0n) is 25.6. The van der Waals surface area contributed by atoms with Gasteiger partial charge >= 0.3 is 0 Å². The lowest BCUT2D eigenvalue weighted by atomic mass is 9.90. The third kappa shape index (κ3) is 7.25. The van der Waals surface area contributed by atoms with E-state index in [1.165, 1.54) is 5.56 Å². The first-order chi connectivity index (χ1) is 20.9. The number of likely N-dealkylation sites (tertiary alicyclic amines) is 1. The summed E-state index contributed by atoms with van der Waals surface area (Å²) in [6, 6.07) is 22.1. The number of hydrogen-bond acceptors (Lipinski definition) is 6. The van der Waals surface area contributed by atoms with E-state index < -0.39 is 0 Å². The first-order valence-corrected chi connectivity index (χ1v) is 15.1. The van der Waals surface area contributed by atoms with Crippen LogP contribution in [-0.2, 0) is 22.6 Å². The molecule has 2 aliphatic heterocycles. The number of nitrogens with one attached hydrogen (secondary N) is 2. The number of nitrogens with zero attached hydrogens (tertiary/aromatic N) is 2. The van der Waals surface area contributed by atoms with Crippen LogP contribution in [0.2, 0.25) is 0 Å². The van der Waals surface area contributed by atoms with Gasteiger partial charge in [0.1, 0.15) is 0 Å². The smallest absolute Gasteiger partial charge is 0.227 e. The Balaban J connectivity index is 1.32. The summed E-state index contributed by atoms with van der Waals surface area (Å²) < 4.78 is 11.2. The molecule has 2 N–H and O–H groups in total. The summed E-state index contributed by atoms with van der Waals surface area (Å²) in [5.41, 5.74) is 5.84. The van der Waals surface area contributed by atoms with Crippen LogP contribution in [-0.4, -0.2) is 62.8 Å². The predicted octanol–water partition coefficient (Wildman–Crippen LogP) is 5.09. The van der Waals surface area contributed by atoms with Crippen LogP contribution in [0.4, 0.5) is 5.69 Å². The summed E-state index contributed by atoms with van der Waals surface area (Å²) in [6.07, 6.45) is 2.76. The number of fused-ring (bicyclic) bond motifs is 1. The van der Waals surface area contributed by atoms with Crippen molar-refractivity contribution >= 4 is 23.2 Å². The molecule has 2 amide bonds. The fourth-order valence-electron chi connectivity index (χ4n) is 6.08. The zero-order valence-corrected chi connectivity index (χ0v) is 25.6. The Hall–Kier alpha value is -4.17. The molecule has 0 spiro atoms. The van der Waals surface area contributed by atoms with Gasteiger partial charge in [-0.2, -0.15) is 0 Å². The van der Waals surface area contributed by atoms with Gasteiger partial charge in [-0.25, -0.2) is 0 Å². The van der Waals surface area contributed by atoms with Gasteiger partial charge in [0.2, 0.25) is 11.8 Å². The molecule has 3 aromatic carbocycles. The molecule has 1 fully saturated rings. The number of aliphatic imine (C=N–C) groups is 1. The maximum Gasteiger partial charge on any atom is 0.227 e. The molecule has 0 aromatic heterocycles. The number of amides is 2. The van der Waals surface area contributed by atoms with Crippen LogP contribution < -0.4 is 20.1 Å². The molecule has 0 radical (unpaired) electrons. The predicted molar refractivity (Wildman–Crippen MR) is 170 cm³/mol. The molecule has 2 atom stereocenters. The number of anilines is 1. The highest BCUT2D eigenvalue weighted by atomic mass is 16.5. The Morgan fingerprint density at radius 1 is 0.953 bits per heavy atom. The first-order valence-electron chi connectivity index (χ1n) is 15.1. The van der Waals surface area contributed by atoms with Crippen molar-refractivity contribution < 1.29 is 19.1 Å². The quantitative estimate of drug-likeness (QED) is 0.367. The van der Waals surface area contributed by atoms with Crippen LogP contribution in [0.15, 0.2) is 71.7 Å². The summed E-state index contributed by atoms with van der Waals surface area (Å²) in [5.74, 6) is 1.47. The van der Waals surface area contributed by atoms with Gasteiger partial charge < -0.3 is 20.1 Å². The Kier molecular flexibility index (Phi) is 9.77. The maximum absolute atomic E-state index is 13.2. The summed E-state index contributed by atoms with van der Waals surface area (Å²) in [7, 11) is 4.91. The van der Waals surface area contributed by atoms with E-state index in [4.69, 9.17) is 14.5 Å². The van der Waals surface area contributed by atoms with Crippen molar-refractivity contribution in [3.05, 3.63) is 89.0 Å². The normalized spacial score (nSPS) is 19.0. The second kappa shape index (κ2) is 13.9. The molecule has 43 heavy (non-hydrogen) atoms. The Bertz CT molecular complexity index is 1450. The highest BCUT2D eigenvalue weighted by Crippen LogP contribution is 2.36. The van der Waals surface area contributed by atoms with Crippen molar-refractivity contribution in [2.75, 3.05) is 39.7 Å². The van der Waals surface area contributed by atoms with Crippen LogP contribution in [0.3, 0.4) is 0 Å².